The van der Waals surface area contributed by atoms with Gasteiger partial charge in [-0.05, 0) is 37.1 Å². The molecule has 1 atom stereocenters. The molecule has 4 rings (SSSR count). The van der Waals surface area contributed by atoms with Gasteiger partial charge >= 0.3 is 0 Å². The zero-order chi connectivity index (χ0) is 17.8. The van der Waals surface area contributed by atoms with Crippen LogP contribution in [-0.2, 0) is 6.54 Å². The van der Waals surface area contributed by atoms with Gasteiger partial charge < -0.3 is 15.5 Å². The third kappa shape index (κ3) is 3.70. The van der Waals surface area contributed by atoms with Crippen molar-refractivity contribution in [3.05, 3.63) is 70.6 Å². The minimum Gasteiger partial charge on any atom is -0.473 e. The molecule has 0 amide bonds. The third-order valence-corrected chi connectivity index (χ3v) is 4.58. The van der Waals surface area contributed by atoms with Gasteiger partial charge in [0.25, 0.3) is 5.56 Å². The molecule has 0 bridgehead atoms. The van der Waals surface area contributed by atoms with E-state index in [4.69, 9.17) is 4.74 Å². The minimum atomic E-state index is -0.0820. The lowest BCUT2D eigenvalue weighted by atomic mass is 10.1. The topological polar surface area (TPSA) is 68.2 Å². The predicted molar refractivity (Wildman–Crippen MR) is 102 cm³/mol. The average molecular weight is 350 g/mol. The highest BCUT2D eigenvalue weighted by Crippen LogP contribution is 2.14. The second-order valence-corrected chi connectivity index (χ2v) is 6.49. The SMILES string of the molecule is O=c1ccc2ccccc2n1NCc1ccc(OC2CCCNC2)nc1. The minimum absolute atomic E-state index is 0.0820. The molecular formula is C20H22N4O2. The summed E-state index contributed by atoms with van der Waals surface area (Å²) in [6.07, 6.45) is 4.16. The van der Waals surface area contributed by atoms with E-state index in [1.807, 2.05) is 42.5 Å². The molecule has 1 fully saturated rings. The number of para-hydroxylation sites is 1. The van der Waals surface area contributed by atoms with Gasteiger partial charge in [0.05, 0.1) is 12.1 Å². The summed E-state index contributed by atoms with van der Waals surface area (Å²) in [7, 11) is 0. The first-order chi connectivity index (χ1) is 12.8. The van der Waals surface area contributed by atoms with Gasteiger partial charge in [-0.1, -0.05) is 24.3 Å². The standard InChI is InChI=1S/C20H22N4O2/c25-20-10-8-16-4-1-2-6-18(16)24(20)23-13-15-7-9-19(22-12-15)26-17-5-3-11-21-14-17/h1-2,4,6-10,12,17,21,23H,3,5,11,13-14H2. The lowest BCUT2D eigenvalue weighted by molar-refractivity contribution is 0.160. The van der Waals surface area contributed by atoms with Gasteiger partial charge in [0.2, 0.25) is 5.88 Å². The molecule has 0 aliphatic carbocycles. The highest BCUT2D eigenvalue weighted by atomic mass is 16.5. The lowest BCUT2D eigenvalue weighted by Crippen LogP contribution is -2.37. The normalized spacial score (nSPS) is 17.2. The first-order valence-electron chi connectivity index (χ1n) is 8.96. The van der Waals surface area contributed by atoms with Crippen molar-refractivity contribution in [2.75, 3.05) is 18.5 Å². The van der Waals surface area contributed by atoms with Crippen molar-refractivity contribution in [2.45, 2.75) is 25.5 Å². The second kappa shape index (κ2) is 7.58. The number of hydrogen-bond acceptors (Lipinski definition) is 5. The van der Waals surface area contributed by atoms with E-state index in [0.29, 0.717) is 12.4 Å². The lowest BCUT2D eigenvalue weighted by Gasteiger charge is -2.23. The largest absolute Gasteiger partial charge is 0.473 e. The molecule has 1 unspecified atom stereocenters. The summed E-state index contributed by atoms with van der Waals surface area (Å²) in [6, 6.07) is 15.1. The number of piperidine rings is 1. The number of nitrogens with zero attached hydrogens (tertiary/aromatic N) is 2. The molecule has 1 saturated heterocycles. The van der Waals surface area contributed by atoms with E-state index in [9.17, 15) is 4.79 Å². The highest BCUT2D eigenvalue weighted by Gasteiger charge is 2.14. The quantitative estimate of drug-likeness (QED) is 0.739. The first kappa shape index (κ1) is 16.6. The van der Waals surface area contributed by atoms with E-state index >= 15 is 0 Å². The van der Waals surface area contributed by atoms with Gasteiger partial charge in [-0.3, -0.25) is 4.79 Å². The molecule has 2 aromatic heterocycles. The number of benzene rings is 1. The molecule has 1 aromatic carbocycles. The smallest absolute Gasteiger partial charge is 0.269 e. The highest BCUT2D eigenvalue weighted by molar-refractivity contribution is 5.78. The summed E-state index contributed by atoms with van der Waals surface area (Å²) < 4.78 is 7.48. The molecule has 6 heteroatoms. The fourth-order valence-electron chi connectivity index (χ4n) is 3.20. The van der Waals surface area contributed by atoms with Crippen molar-refractivity contribution >= 4 is 10.9 Å². The Labute approximate surface area is 151 Å². The molecule has 26 heavy (non-hydrogen) atoms. The maximum Gasteiger partial charge on any atom is 0.269 e. The Bertz CT molecular complexity index is 930. The summed E-state index contributed by atoms with van der Waals surface area (Å²) in [4.78, 5) is 16.6. The third-order valence-electron chi connectivity index (χ3n) is 4.58. The number of rotatable bonds is 5. The van der Waals surface area contributed by atoms with Crippen molar-refractivity contribution < 1.29 is 4.74 Å². The van der Waals surface area contributed by atoms with Crippen molar-refractivity contribution in [1.82, 2.24) is 15.0 Å². The number of pyridine rings is 2. The van der Waals surface area contributed by atoms with Crippen molar-refractivity contribution in [1.29, 1.82) is 0 Å². The van der Waals surface area contributed by atoms with Crippen LogP contribution in [0, 0.1) is 0 Å². The number of fused-ring (bicyclic) bond motifs is 1. The Morgan fingerprint density at radius 1 is 1.19 bits per heavy atom. The summed E-state index contributed by atoms with van der Waals surface area (Å²) in [6.45, 7) is 2.44. The zero-order valence-electron chi connectivity index (χ0n) is 14.5. The number of ether oxygens (including phenoxy) is 1. The van der Waals surface area contributed by atoms with Crippen LogP contribution >= 0.6 is 0 Å². The average Bonchev–Trinajstić information content (AvgIpc) is 2.69. The van der Waals surface area contributed by atoms with Crippen LogP contribution < -0.4 is 21.0 Å². The number of nitrogens with one attached hydrogen (secondary N) is 2. The first-order valence-corrected chi connectivity index (χ1v) is 8.96. The van der Waals surface area contributed by atoms with E-state index in [2.05, 4.69) is 15.7 Å². The van der Waals surface area contributed by atoms with Crippen LogP contribution in [0.1, 0.15) is 18.4 Å². The molecular weight excluding hydrogens is 328 g/mol. The van der Waals surface area contributed by atoms with Crippen molar-refractivity contribution in [3.8, 4) is 5.88 Å². The zero-order valence-corrected chi connectivity index (χ0v) is 14.5. The summed E-state index contributed by atoms with van der Waals surface area (Å²) in [5.41, 5.74) is 4.95. The van der Waals surface area contributed by atoms with Crippen molar-refractivity contribution in [3.63, 3.8) is 0 Å². The maximum absolute atomic E-state index is 12.2. The molecule has 3 aromatic rings. The van der Waals surface area contributed by atoms with Crippen LogP contribution in [-0.4, -0.2) is 28.9 Å². The van der Waals surface area contributed by atoms with E-state index in [-0.39, 0.29) is 11.7 Å². The van der Waals surface area contributed by atoms with Gasteiger partial charge in [-0.15, -0.1) is 0 Å². The molecule has 2 N–H and O–H groups in total. The summed E-state index contributed by atoms with van der Waals surface area (Å²) in [5, 5.41) is 4.35. The van der Waals surface area contributed by atoms with Gasteiger partial charge in [0.1, 0.15) is 6.10 Å². The molecule has 0 spiro atoms. The van der Waals surface area contributed by atoms with Crippen LogP contribution in [0.25, 0.3) is 10.9 Å². The Balaban J connectivity index is 1.44. The van der Waals surface area contributed by atoms with E-state index in [1.54, 1.807) is 16.9 Å². The van der Waals surface area contributed by atoms with E-state index in [0.717, 1.165) is 42.4 Å². The fourth-order valence-corrected chi connectivity index (χ4v) is 3.20. The van der Waals surface area contributed by atoms with Crippen LogP contribution in [0.15, 0.2) is 59.5 Å². The van der Waals surface area contributed by atoms with Crippen LogP contribution in [0.3, 0.4) is 0 Å². The molecule has 1 aliphatic rings. The maximum atomic E-state index is 12.2. The Hall–Kier alpha value is -2.86. The predicted octanol–water partition coefficient (Wildman–Crippen LogP) is 2.27. The van der Waals surface area contributed by atoms with Crippen LogP contribution in [0.4, 0.5) is 0 Å². The number of hydrogen-bond donors (Lipinski definition) is 2. The molecule has 0 saturated carbocycles. The summed E-state index contributed by atoms with van der Waals surface area (Å²) >= 11 is 0. The second-order valence-electron chi connectivity index (χ2n) is 6.49. The monoisotopic (exact) mass is 350 g/mol. The van der Waals surface area contributed by atoms with Gasteiger partial charge in [-0.2, -0.15) is 0 Å². The van der Waals surface area contributed by atoms with Gasteiger partial charge in [0, 0.05) is 30.3 Å². The molecule has 0 radical (unpaired) electrons. The van der Waals surface area contributed by atoms with Gasteiger partial charge in [-0.25, -0.2) is 9.66 Å². The van der Waals surface area contributed by atoms with Crippen LogP contribution in [0.2, 0.25) is 0 Å². The molecule has 6 nitrogen and oxygen atoms in total. The van der Waals surface area contributed by atoms with Gasteiger partial charge in [0.15, 0.2) is 0 Å². The molecule has 3 heterocycles. The van der Waals surface area contributed by atoms with Crippen LogP contribution in [0.5, 0.6) is 5.88 Å². The Kier molecular flexibility index (Phi) is 4.84. The van der Waals surface area contributed by atoms with E-state index < -0.39 is 0 Å². The number of aromatic nitrogens is 2. The Morgan fingerprint density at radius 2 is 2.12 bits per heavy atom. The van der Waals surface area contributed by atoms with E-state index in [1.165, 1.54) is 0 Å². The molecule has 134 valence electrons. The van der Waals surface area contributed by atoms with Crippen molar-refractivity contribution in [2.24, 2.45) is 0 Å². The molecule has 1 aliphatic heterocycles. The summed E-state index contributed by atoms with van der Waals surface area (Å²) in [5.74, 6) is 0.643. The Morgan fingerprint density at radius 3 is 2.92 bits per heavy atom. The fraction of sp³-hybridized carbons (Fsp3) is 0.300.